The summed E-state index contributed by atoms with van der Waals surface area (Å²) in [4.78, 5) is 15.8. The van der Waals surface area contributed by atoms with E-state index in [0.717, 1.165) is 5.69 Å². The molecule has 2 N–H and O–H groups in total. The monoisotopic (exact) mass is 364 g/mol. The zero-order valence-electron chi connectivity index (χ0n) is 13.5. The van der Waals surface area contributed by atoms with Crippen LogP contribution in [0.25, 0.3) is 16.6 Å². The van der Waals surface area contributed by atoms with Gasteiger partial charge in [0.15, 0.2) is 0 Å². The highest BCUT2D eigenvalue weighted by atomic mass is 35.5. The van der Waals surface area contributed by atoms with Gasteiger partial charge in [-0.25, -0.2) is 4.68 Å². The number of rotatable bonds is 4. The second kappa shape index (κ2) is 6.50. The Morgan fingerprint density at radius 1 is 1.12 bits per heavy atom. The van der Waals surface area contributed by atoms with Crippen molar-refractivity contribution in [1.82, 2.24) is 14.8 Å². The number of halogens is 1. The third-order valence-electron chi connectivity index (χ3n) is 3.84. The molecule has 2 aromatic heterocycles. The topological polar surface area (TPSA) is 83.0 Å². The summed E-state index contributed by atoms with van der Waals surface area (Å²) in [7, 11) is 0. The zero-order valence-corrected chi connectivity index (χ0v) is 14.2. The SMILES string of the molecule is NC(=O)c1ccc2nccc(Oc3cc(Cl)cc(-n4cccn4)c3)c2c1. The molecule has 4 rings (SSSR count). The molecule has 26 heavy (non-hydrogen) atoms. The minimum atomic E-state index is -0.509. The van der Waals surface area contributed by atoms with E-state index in [4.69, 9.17) is 22.1 Å². The number of aromatic nitrogens is 3. The molecule has 4 aromatic rings. The lowest BCUT2D eigenvalue weighted by molar-refractivity contribution is 0.100. The van der Waals surface area contributed by atoms with Crippen LogP contribution in [-0.4, -0.2) is 20.7 Å². The van der Waals surface area contributed by atoms with Crippen LogP contribution in [0.1, 0.15) is 10.4 Å². The molecule has 0 atom stereocenters. The van der Waals surface area contributed by atoms with E-state index >= 15 is 0 Å². The average Bonchev–Trinajstić information content (AvgIpc) is 3.16. The smallest absolute Gasteiger partial charge is 0.248 e. The van der Waals surface area contributed by atoms with Crippen LogP contribution in [0.4, 0.5) is 0 Å². The Bertz CT molecular complexity index is 1110. The number of nitrogens with zero attached hydrogens (tertiary/aromatic N) is 3. The predicted octanol–water partition coefficient (Wildman–Crippen LogP) is 3.97. The van der Waals surface area contributed by atoms with Gasteiger partial charge in [-0.1, -0.05) is 11.6 Å². The van der Waals surface area contributed by atoms with E-state index < -0.39 is 5.91 Å². The molecule has 2 heterocycles. The largest absolute Gasteiger partial charge is 0.456 e. The standard InChI is InChI=1S/C19H13ClN4O2/c20-13-9-14(24-7-1-5-23-24)11-15(10-13)26-18-4-6-22-17-3-2-12(19(21)25)8-16(17)18/h1-11H,(H2,21,25). The number of ether oxygens (including phenoxy) is 1. The van der Waals surface area contributed by atoms with Gasteiger partial charge in [-0.05, 0) is 42.5 Å². The lowest BCUT2D eigenvalue weighted by Gasteiger charge is -2.11. The van der Waals surface area contributed by atoms with E-state index in [1.165, 1.54) is 0 Å². The zero-order chi connectivity index (χ0) is 18.1. The summed E-state index contributed by atoms with van der Waals surface area (Å²) in [5.74, 6) is 0.581. The molecule has 7 heteroatoms. The number of carbonyl (C=O) groups excluding carboxylic acids is 1. The molecule has 0 aliphatic heterocycles. The Labute approximate surface area is 153 Å². The number of fused-ring (bicyclic) bond motifs is 1. The van der Waals surface area contributed by atoms with E-state index in [2.05, 4.69) is 10.1 Å². The van der Waals surface area contributed by atoms with Crippen LogP contribution in [0.3, 0.4) is 0 Å². The van der Waals surface area contributed by atoms with Crippen molar-refractivity contribution in [3.8, 4) is 17.2 Å². The van der Waals surface area contributed by atoms with Crippen LogP contribution in [0.5, 0.6) is 11.5 Å². The van der Waals surface area contributed by atoms with Crippen molar-refractivity contribution in [2.45, 2.75) is 0 Å². The first-order chi connectivity index (χ1) is 12.6. The molecule has 0 aliphatic rings. The van der Waals surface area contributed by atoms with Crippen molar-refractivity contribution in [1.29, 1.82) is 0 Å². The normalized spacial score (nSPS) is 10.8. The molecule has 0 radical (unpaired) electrons. The Kier molecular flexibility index (Phi) is 4.02. The minimum absolute atomic E-state index is 0.388. The first-order valence-electron chi connectivity index (χ1n) is 7.77. The number of hydrogen-bond donors (Lipinski definition) is 1. The molecule has 0 spiro atoms. The summed E-state index contributed by atoms with van der Waals surface area (Å²) in [6, 6.07) is 13.9. The van der Waals surface area contributed by atoms with Crippen LogP contribution in [0.15, 0.2) is 67.1 Å². The Hall–Kier alpha value is -3.38. The lowest BCUT2D eigenvalue weighted by atomic mass is 10.1. The number of benzene rings is 2. The highest BCUT2D eigenvalue weighted by Crippen LogP contribution is 2.32. The second-order valence-corrected chi connectivity index (χ2v) is 6.04. The van der Waals surface area contributed by atoms with Gasteiger partial charge in [-0.3, -0.25) is 9.78 Å². The number of amides is 1. The van der Waals surface area contributed by atoms with Crippen LogP contribution < -0.4 is 10.5 Å². The van der Waals surface area contributed by atoms with E-state index in [9.17, 15) is 4.79 Å². The third-order valence-corrected chi connectivity index (χ3v) is 4.06. The summed E-state index contributed by atoms with van der Waals surface area (Å²) < 4.78 is 7.72. The lowest BCUT2D eigenvalue weighted by Crippen LogP contribution is -2.10. The first-order valence-corrected chi connectivity index (χ1v) is 8.15. The Balaban J connectivity index is 1.78. The van der Waals surface area contributed by atoms with Crippen molar-refractivity contribution < 1.29 is 9.53 Å². The quantitative estimate of drug-likeness (QED) is 0.594. The van der Waals surface area contributed by atoms with Crippen molar-refractivity contribution in [2.24, 2.45) is 5.73 Å². The first kappa shape index (κ1) is 16.1. The van der Waals surface area contributed by atoms with Gasteiger partial charge < -0.3 is 10.5 Å². The molecule has 0 unspecified atom stereocenters. The molecule has 1 amide bonds. The van der Waals surface area contributed by atoms with Crippen LogP contribution in [0.2, 0.25) is 5.02 Å². The highest BCUT2D eigenvalue weighted by Gasteiger charge is 2.10. The van der Waals surface area contributed by atoms with Crippen LogP contribution in [0, 0.1) is 0 Å². The van der Waals surface area contributed by atoms with Gasteiger partial charge >= 0.3 is 0 Å². The van der Waals surface area contributed by atoms with Gasteiger partial charge in [0.2, 0.25) is 5.91 Å². The molecule has 128 valence electrons. The number of primary amides is 1. The maximum absolute atomic E-state index is 11.5. The molecule has 0 saturated heterocycles. The fraction of sp³-hybridized carbons (Fsp3) is 0. The molecular formula is C19H13ClN4O2. The highest BCUT2D eigenvalue weighted by molar-refractivity contribution is 6.30. The summed E-state index contributed by atoms with van der Waals surface area (Å²) in [6.07, 6.45) is 5.14. The maximum atomic E-state index is 11.5. The number of carbonyl (C=O) groups is 1. The molecular weight excluding hydrogens is 352 g/mol. The van der Waals surface area contributed by atoms with Gasteiger partial charge in [0.25, 0.3) is 0 Å². The van der Waals surface area contributed by atoms with Crippen molar-refractivity contribution in [3.63, 3.8) is 0 Å². The maximum Gasteiger partial charge on any atom is 0.248 e. The van der Waals surface area contributed by atoms with Gasteiger partial charge in [0.05, 0.1) is 11.2 Å². The molecule has 0 fully saturated rings. The van der Waals surface area contributed by atoms with Crippen molar-refractivity contribution >= 4 is 28.4 Å². The summed E-state index contributed by atoms with van der Waals surface area (Å²) >= 11 is 6.22. The Morgan fingerprint density at radius 2 is 2.00 bits per heavy atom. The van der Waals surface area contributed by atoms with Crippen molar-refractivity contribution in [2.75, 3.05) is 0 Å². The molecule has 2 aromatic carbocycles. The van der Waals surface area contributed by atoms with Crippen molar-refractivity contribution in [3.05, 3.63) is 77.7 Å². The Morgan fingerprint density at radius 3 is 2.77 bits per heavy atom. The van der Waals surface area contributed by atoms with E-state index in [0.29, 0.717) is 33.0 Å². The number of nitrogens with two attached hydrogens (primary N) is 1. The molecule has 0 aliphatic carbocycles. The molecule has 0 bridgehead atoms. The number of hydrogen-bond acceptors (Lipinski definition) is 4. The summed E-state index contributed by atoms with van der Waals surface area (Å²) in [5, 5.41) is 5.40. The summed E-state index contributed by atoms with van der Waals surface area (Å²) in [6.45, 7) is 0. The minimum Gasteiger partial charge on any atom is -0.456 e. The van der Waals surface area contributed by atoms with Gasteiger partial charge in [-0.15, -0.1) is 0 Å². The summed E-state index contributed by atoms with van der Waals surface area (Å²) in [5.41, 5.74) is 7.23. The fourth-order valence-corrected chi connectivity index (χ4v) is 2.87. The predicted molar refractivity (Wildman–Crippen MR) is 98.9 cm³/mol. The average molecular weight is 365 g/mol. The number of pyridine rings is 1. The molecule has 0 saturated carbocycles. The van der Waals surface area contributed by atoms with E-state index in [-0.39, 0.29) is 0 Å². The van der Waals surface area contributed by atoms with Crippen LogP contribution >= 0.6 is 11.6 Å². The van der Waals surface area contributed by atoms with Gasteiger partial charge in [0, 0.05) is 40.6 Å². The van der Waals surface area contributed by atoms with Gasteiger partial charge in [0.1, 0.15) is 11.5 Å². The van der Waals surface area contributed by atoms with Gasteiger partial charge in [-0.2, -0.15) is 5.10 Å². The van der Waals surface area contributed by atoms with E-state index in [1.807, 2.05) is 18.3 Å². The molecule has 6 nitrogen and oxygen atoms in total. The van der Waals surface area contributed by atoms with E-state index in [1.54, 1.807) is 53.5 Å². The third kappa shape index (κ3) is 3.10. The van der Waals surface area contributed by atoms with Crippen LogP contribution in [-0.2, 0) is 0 Å². The second-order valence-electron chi connectivity index (χ2n) is 5.60. The fourth-order valence-electron chi connectivity index (χ4n) is 2.65.